The molecular weight excluding hydrogens is 350 g/mol. The van der Waals surface area contributed by atoms with Gasteiger partial charge in [0.15, 0.2) is 11.9 Å². The van der Waals surface area contributed by atoms with Crippen LogP contribution in [0.25, 0.3) is 11.3 Å². The van der Waals surface area contributed by atoms with Gasteiger partial charge in [-0.05, 0) is 31.0 Å². The molecule has 0 bridgehead atoms. The van der Waals surface area contributed by atoms with Crippen molar-refractivity contribution in [2.24, 2.45) is 0 Å². The number of pyridine rings is 1. The summed E-state index contributed by atoms with van der Waals surface area (Å²) in [5, 5.41) is 14.0. The molecule has 1 N–H and O–H groups in total. The summed E-state index contributed by atoms with van der Waals surface area (Å²) in [5.74, 6) is 0.774. The summed E-state index contributed by atoms with van der Waals surface area (Å²) in [6, 6.07) is 3.64. The van der Waals surface area contributed by atoms with Crippen LogP contribution in [0.4, 0.5) is 0 Å². The molecular formula is C19H17N3O5. The predicted molar refractivity (Wildman–Crippen MR) is 93.2 cm³/mol. The summed E-state index contributed by atoms with van der Waals surface area (Å²) in [4.78, 5) is 15.5. The van der Waals surface area contributed by atoms with Gasteiger partial charge >= 0.3 is 5.97 Å². The Bertz CT molecular complexity index is 1050. The van der Waals surface area contributed by atoms with Crippen molar-refractivity contribution in [1.82, 2.24) is 14.8 Å². The van der Waals surface area contributed by atoms with Gasteiger partial charge in [0, 0.05) is 29.9 Å². The van der Waals surface area contributed by atoms with Crippen molar-refractivity contribution in [2.45, 2.75) is 32.4 Å². The van der Waals surface area contributed by atoms with E-state index < -0.39 is 5.97 Å². The number of carboxylic acid groups (broad SMARTS) is 1. The standard InChI is InChI=1S/C19H17N3O5/c1-10-15-13(27-17(10)19(23)24)5-4-11-7-22(21-16(11)15)8-12-9-25-18-14(26-12)3-2-6-20-18/h2-3,6-7,12H,4-5,8-9H2,1H3,(H,23,24)/t12-/m1/s1. The largest absolute Gasteiger partial charge is 0.479 e. The number of carboxylic acids is 1. The highest BCUT2D eigenvalue weighted by atomic mass is 16.6. The van der Waals surface area contributed by atoms with Gasteiger partial charge in [-0.15, -0.1) is 0 Å². The number of carbonyl (C=O) groups is 1. The highest BCUT2D eigenvalue weighted by molar-refractivity contribution is 5.90. The summed E-state index contributed by atoms with van der Waals surface area (Å²) >= 11 is 0. The van der Waals surface area contributed by atoms with E-state index in [2.05, 4.69) is 10.1 Å². The van der Waals surface area contributed by atoms with Crippen LogP contribution in [0.1, 0.15) is 27.4 Å². The second kappa shape index (κ2) is 5.87. The van der Waals surface area contributed by atoms with Crippen molar-refractivity contribution in [3.63, 3.8) is 0 Å². The first-order chi connectivity index (χ1) is 13.1. The fraction of sp³-hybridized carbons (Fsp3) is 0.316. The molecule has 8 heteroatoms. The van der Waals surface area contributed by atoms with Gasteiger partial charge in [-0.2, -0.15) is 5.10 Å². The highest BCUT2D eigenvalue weighted by Gasteiger charge is 2.30. The summed E-state index contributed by atoms with van der Waals surface area (Å²) in [6.07, 6.45) is 4.92. The van der Waals surface area contributed by atoms with Gasteiger partial charge in [0.25, 0.3) is 5.88 Å². The molecule has 8 nitrogen and oxygen atoms in total. The molecule has 0 spiro atoms. The smallest absolute Gasteiger partial charge is 0.372 e. The van der Waals surface area contributed by atoms with E-state index in [0.29, 0.717) is 42.5 Å². The number of nitrogens with zero attached hydrogens (tertiary/aromatic N) is 3. The van der Waals surface area contributed by atoms with Crippen molar-refractivity contribution in [3.05, 3.63) is 47.2 Å². The molecule has 3 aromatic heterocycles. The minimum Gasteiger partial charge on any atom is -0.479 e. The van der Waals surface area contributed by atoms with Gasteiger partial charge in [-0.3, -0.25) is 4.68 Å². The summed E-state index contributed by atoms with van der Waals surface area (Å²) in [7, 11) is 0. The Hall–Kier alpha value is -3.29. The topological polar surface area (TPSA) is 99.6 Å². The number of aromatic carboxylic acids is 1. The van der Waals surface area contributed by atoms with Crippen LogP contribution in [0.15, 0.2) is 28.9 Å². The van der Waals surface area contributed by atoms with Crippen LogP contribution in [0.2, 0.25) is 0 Å². The van der Waals surface area contributed by atoms with Crippen molar-refractivity contribution >= 4 is 5.97 Å². The van der Waals surface area contributed by atoms with E-state index in [0.717, 1.165) is 23.2 Å². The Labute approximate surface area is 154 Å². The number of hydrogen-bond acceptors (Lipinski definition) is 6. The van der Waals surface area contributed by atoms with Crippen LogP contribution in [0.5, 0.6) is 11.6 Å². The third kappa shape index (κ3) is 2.56. The minimum absolute atomic E-state index is 0.00415. The van der Waals surface area contributed by atoms with E-state index in [-0.39, 0.29) is 11.9 Å². The van der Waals surface area contributed by atoms with Crippen molar-refractivity contribution in [3.8, 4) is 22.9 Å². The lowest BCUT2D eigenvalue weighted by atomic mass is 9.94. The maximum Gasteiger partial charge on any atom is 0.372 e. The van der Waals surface area contributed by atoms with Crippen LogP contribution in [-0.2, 0) is 19.4 Å². The lowest BCUT2D eigenvalue weighted by Crippen LogP contribution is -2.33. The first-order valence-electron chi connectivity index (χ1n) is 8.77. The number of hydrogen-bond donors (Lipinski definition) is 1. The summed E-state index contributed by atoms with van der Waals surface area (Å²) in [5.41, 5.74) is 3.31. The lowest BCUT2D eigenvalue weighted by molar-refractivity contribution is 0.0659. The number of furan rings is 1. The molecule has 27 heavy (non-hydrogen) atoms. The van der Waals surface area contributed by atoms with E-state index in [4.69, 9.17) is 13.9 Å². The molecule has 138 valence electrons. The first-order valence-corrected chi connectivity index (χ1v) is 8.77. The minimum atomic E-state index is -1.05. The van der Waals surface area contributed by atoms with E-state index in [1.807, 2.05) is 16.9 Å². The van der Waals surface area contributed by atoms with Crippen LogP contribution >= 0.6 is 0 Å². The third-order valence-corrected chi connectivity index (χ3v) is 4.94. The summed E-state index contributed by atoms with van der Waals surface area (Å²) < 4.78 is 19.0. The van der Waals surface area contributed by atoms with Gasteiger partial charge in [-0.1, -0.05) is 0 Å². The van der Waals surface area contributed by atoms with Gasteiger partial charge in [0.1, 0.15) is 12.4 Å². The highest BCUT2D eigenvalue weighted by Crippen LogP contribution is 2.38. The first kappa shape index (κ1) is 15.9. The second-order valence-electron chi connectivity index (χ2n) is 6.74. The van der Waals surface area contributed by atoms with Gasteiger partial charge in [0.05, 0.1) is 12.2 Å². The average Bonchev–Trinajstić information content (AvgIpc) is 3.22. The fourth-order valence-electron chi connectivity index (χ4n) is 3.72. The number of ether oxygens (including phenoxy) is 2. The molecule has 1 atom stereocenters. The second-order valence-corrected chi connectivity index (χ2v) is 6.74. The molecule has 3 aromatic rings. The maximum absolute atomic E-state index is 11.4. The summed E-state index contributed by atoms with van der Waals surface area (Å²) in [6.45, 7) is 2.69. The molecule has 0 saturated carbocycles. The molecule has 0 radical (unpaired) electrons. The molecule has 0 saturated heterocycles. The number of rotatable bonds is 3. The van der Waals surface area contributed by atoms with Crippen LogP contribution in [0.3, 0.4) is 0 Å². The van der Waals surface area contributed by atoms with Gasteiger partial charge in [-0.25, -0.2) is 9.78 Å². The molecule has 4 heterocycles. The zero-order valence-electron chi connectivity index (χ0n) is 14.6. The average molecular weight is 367 g/mol. The number of aryl methyl sites for hydroxylation is 2. The van der Waals surface area contributed by atoms with E-state index >= 15 is 0 Å². The quantitative estimate of drug-likeness (QED) is 0.759. The Balaban J connectivity index is 1.43. The third-order valence-electron chi connectivity index (χ3n) is 4.94. The van der Waals surface area contributed by atoms with Gasteiger partial charge < -0.3 is 19.0 Å². The Kier molecular flexibility index (Phi) is 3.46. The lowest BCUT2D eigenvalue weighted by Gasteiger charge is -2.25. The molecule has 0 aromatic carbocycles. The Morgan fingerprint density at radius 2 is 2.30 bits per heavy atom. The molecule has 0 unspecified atom stereocenters. The Morgan fingerprint density at radius 3 is 3.15 bits per heavy atom. The zero-order valence-corrected chi connectivity index (χ0v) is 14.6. The van der Waals surface area contributed by atoms with Crippen LogP contribution < -0.4 is 9.47 Å². The zero-order chi connectivity index (χ0) is 18.5. The normalized spacial score (nSPS) is 17.3. The number of fused-ring (bicyclic) bond motifs is 4. The maximum atomic E-state index is 11.4. The monoisotopic (exact) mass is 367 g/mol. The molecule has 0 fully saturated rings. The predicted octanol–water partition coefficient (Wildman–Crippen LogP) is 2.48. The van der Waals surface area contributed by atoms with Crippen LogP contribution in [0, 0.1) is 6.92 Å². The van der Waals surface area contributed by atoms with Crippen LogP contribution in [-0.4, -0.2) is 38.6 Å². The molecule has 1 aliphatic heterocycles. The molecule has 2 aliphatic rings. The van der Waals surface area contributed by atoms with E-state index in [9.17, 15) is 9.90 Å². The number of aromatic nitrogens is 3. The van der Waals surface area contributed by atoms with E-state index in [1.54, 1.807) is 19.2 Å². The fourth-order valence-corrected chi connectivity index (χ4v) is 3.72. The van der Waals surface area contributed by atoms with E-state index in [1.165, 1.54) is 0 Å². The molecule has 0 amide bonds. The van der Waals surface area contributed by atoms with Crippen molar-refractivity contribution < 1.29 is 23.8 Å². The van der Waals surface area contributed by atoms with Crippen molar-refractivity contribution in [1.29, 1.82) is 0 Å². The molecule has 5 rings (SSSR count). The van der Waals surface area contributed by atoms with Gasteiger partial charge in [0.2, 0.25) is 5.76 Å². The molecule has 1 aliphatic carbocycles. The SMILES string of the molecule is Cc1c(C(=O)O)oc2c1-c1nn(C[C@@H]3COc4ncccc4O3)cc1CC2. The Morgan fingerprint density at radius 1 is 1.41 bits per heavy atom. The van der Waals surface area contributed by atoms with Crippen molar-refractivity contribution in [2.75, 3.05) is 6.61 Å².